The Morgan fingerprint density at radius 1 is 1.28 bits per heavy atom. The number of nitrogens with zero attached hydrogens (tertiary/aromatic N) is 1. The topological polar surface area (TPSA) is 38.9 Å². The zero-order valence-electron chi connectivity index (χ0n) is 10.2. The molecule has 0 radical (unpaired) electrons. The number of halogens is 1. The molecule has 1 aromatic carbocycles. The molecule has 2 aromatic rings. The van der Waals surface area contributed by atoms with Gasteiger partial charge in [0.2, 0.25) is 0 Å². The first-order valence-electron chi connectivity index (χ1n) is 6.52. The van der Waals surface area contributed by atoms with Gasteiger partial charge in [0.05, 0.1) is 15.2 Å². The van der Waals surface area contributed by atoms with Crippen molar-refractivity contribution in [1.82, 2.24) is 4.98 Å². The molecule has 2 nitrogen and oxygen atoms in total. The molecule has 2 N–H and O–H groups in total. The highest BCUT2D eigenvalue weighted by Crippen LogP contribution is 2.38. The molecular formula is C14H17FN2S. The minimum atomic E-state index is -0.176. The fraction of sp³-hybridized carbons (Fsp3) is 0.500. The van der Waals surface area contributed by atoms with E-state index in [0.717, 1.165) is 16.8 Å². The summed E-state index contributed by atoms with van der Waals surface area (Å²) in [7, 11) is 0. The van der Waals surface area contributed by atoms with Crippen LogP contribution in [0.3, 0.4) is 0 Å². The molecule has 0 amide bonds. The van der Waals surface area contributed by atoms with Crippen LogP contribution >= 0.6 is 11.3 Å². The Kier molecular flexibility index (Phi) is 3.31. The highest BCUT2D eigenvalue weighted by atomic mass is 32.1. The van der Waals surface area contributed by atoms with Gasteiger partial charge in [-0.25, -0.2) is 9.37 Å². The normalized spacial score (nSPS) is 24.6. The van der Waals surface area contributed by atoms with Crippen molar-refractivity contribution >= 4 is 21.6 Å². The Morgan fingerprint density at radius 2 is 2.06 bits per heavy atom. The van der Waals surface area contributed by atoms with E-state index in [9.17, 15) is 4.39 Å². The maximum Gasteiger partial charge on any atom is 0.124 e. The van der Waals surface area contributed by atoms with Crippen molar-refractivity contribution in [2.24, 2.45) is 11.7 Å². The van der Waals surface area contributed by atoms with Gasteiger partial charge in [-0.3, -0.25) is 0 Å². The van der Waals surface area contributed by atoms with Gasteiger partial charge in [0.25, 0.3) is 0 Å². The highest BCUT2D eigenvalue weighted by Gasteiger charge is 2.23. The molecule has 0 spiro atoms. The Balaban J connectivity index is 1.82. The summed E-state index contributed by atoms with van der Waals surface area (Å²) in [6.07, 6.45) is 4.74. The lowest BCUT2D eigenvalue weighted by Gasteiger charge is -2.26. The Hall–Kier alpha value is -1.000. The van der Waals surface area contributed by atoms with Crippen LogP contribution in [0.2, 0.25) is 0 Å². The van der Waals surface area contributed by atoms with Crippen LogP contribution in [0, 0.1) is 11.7 Å². The lowest BCUT2D eigenvalue weighted by molar-refractivity contribution is 0.332. The fourth-order valence-corrected chi connectivity index (χ4v) is 3.90. The highest BCUT2D eigenvalue weighted by molar-refractivity contribution is 7.18. The van der Waals surface area contributed by atoms with Gasteiger partial charge < -0.3 is 5.73 Å². The third-order valence-electron chi connectivity index (χ3n) is 3.90. The van der Waals surface area contributed by atoms with Crippen LogP contribution in [-0.4, -0.2) is 11.5 Å². The molecule has 0 atom stereocenters. The van der Waals surface area contributed by atoms with E-state index in [1.165, 1.54) is 36.8 Å². The van der Waals surface area contributed by atoms with Crippen molar-refractivity contribution in [3.05, 3.63) is 29.0 Å². The van der Waals surface area contributed by atoms with E-state index in [1.54, 1.807) is 23.5 Å². The number of thiazole rings is 1. The lowest BCUT2D eigenvalue weighted by atomic mass is 9.82. The summed E-state index contributed by atoms with van der Waals surface area (Å²) in [5.41, 5.74) is 6.64. The molecule has 0 aliphatic heterocycles. The van der Waals surface area contributed by atoms with Gasteiger partial charge in [0, 0.05) is 5.92 Å². The molecule has 1 saturated carbocycles. The van der Waals surface area contributed by atoms with Crippen molar-refractivity contribution in [3.63, 3.8) is 0 Å². The van der Waals surface area contributed by atoms with Gasteiger partial charge in [0.15, 0.2) is 0 Å². The number of aromatic nitrogens is 1. The summed E-state index contributed by atoms with van der Waals surface area (Å²) in [6.45, 7) is 0.803. The van der Waals surface area contributed by atoms with Crippen LogP contribution in [0.25, 0.3) is 10.2 Å². The van der Waals surface area contributed by atoms with Gasteiger partial charge in [-0.1, -0.05) is 0 Å². The number of benzene rings is 1. The van der Waals surface area contributed by atoms with E-state index in [1.807, 2.05) is 0 Å². The zero-order chi connectivity index (χ0) is 12.5. The maximum atomic E-state index is 13.2. The van der Waals surface area contributed by atoms with E-state index in [2.05, 4.69) is 4.98 Å². The minimum absolute atomic E-state index is 0.176. The molecule has 3 rings (SSSR count). The van der Waals surface area contributed by atoms with Gasteiger partial charge in [0.1, 0.15) is 5.82 Å². The summed E-state index contributed by atoms with van der Waals surface area (Å²) in [5, 5.41) is 1.17. The quantitative estimate of drug-likeness (QED) is 0.899. The number of rotatable bonds is 2. The molecule has 1 fully saturated rings. The molecule has 18 heavy (non-hydrogen) atoms. The lowest BCUT2D eigenvalue weighted by Crippen LogP contribution is -2.20. The number of fused-ring (bicyclic) bond motifs is 1. The van der Waals surface area contributed by atoms with Crippen LogP contribution in [0.5, 0.6) is 0 Å². The van der Waals surface area contributed by atoms with E-state index in [0.29, 0.717) is 11.8 Å². The van der Waals surface area contributed by atoms with Gasteiger partial charge in [-0.05, 0) is 56.3 Å². The molecule has 0 bridgehead atoms. The summed E-state index contributed by atoms with van der Waals surface area (Å²) < 4.78 is 14.1. The van der Waals surface area contributed by atoms with Crippen LogP contribution < -0.4 is 5.73 Å². The van der Waals surface area contributed by atoms with Crippen LogP contribution in [0.4, 0.5) is 4.39 Å². The summed E-state index contributed by atoms with van der Waals surface area (Å²) in [6, 6.07) is 4.84. The molecule has 96 valence electrons. The Labute approximate surface area is 110 Å². The average molecular weight is 264 g/mol. The molecule has 4 heteroatoms. The predicted octanol–water partition coefficient (Wildman–Crippen LogP) is 3.67. The molecule has 1 heterocycles. The molecule has 0 saturated heterocycles. The second-order valence-corrected chi connectivity index (χ2v) is 6.18. The zero-order valence-corrected chi connectivity index (χ0v) is 11.0. The van der Waals surface area contributed by atoms with Crippen molar-refractivity contribution in [3.8, 4) is 0 Å². The van der Waals surface area contributed by atoms with E-state index >= 15 is 0 Å². The van der Waals surface area contributed by atoms with Crippen molar-refractivity contribution in [2.75, 3.05) is 6.54 Å². The summed E-state index contributed by atoms with van der Waals surface area (Å²) in [4.78, 5) is 4.65. The Morgan fingerprint density at radius 3 is 2.78 bits per heavy atom. The van der Waals surface area contributed by atoms with E-state index in [4.69, 9.17) is 5.73 Å². The number of hydrogen-bond acceptors (Lipinski definition) is 3. The summed E-state index contributed by atoms with van der Waals surface area (Å²) in [5.74, 6) is 1.06. The Bertz CT molecular complexity index is 544. The molecule has 1 aromatic heterocycles. The smallest absolute Gasteiger partial charge is 0.124 e. The predicted molar refractivity (Wildman–Crippen MR) is 73.3 cm³/mol. The first-order valence-corrected chi connectivity index (χ1v) is 7.34. The molecule has 1 aliphatic carbocycles. The van der Waals surface area contributed by atoms with Gasteiger partial charge >= 0.3 is 0 Å². The van der Waals surface area contributed by atoms with E-state index in [-0.39, 0.29) is 5.82 Å². The third kappa shape index (κ3) is 2.27. The fourth-order valence-electron chi connectivity index (χ4n) is 2.74. The second kappa shape index (κ2) is 4.94. The van der Waals surface area contributed by atoms with Crippen molar-refractivity contribution in [1.29, 1.82) is 0 Å². The second-order valence-electron chi connectivity index (χ2n) is 5.12. The van der Waals surface area contributed by atoms with Crippen molar-refractivity contribution < 1.29 is 4.39 Å². The summed E-state index contributed by atoms with van der Waals surface area (Å²) >= 11 is 1.64. The number of hydrogen-bond donors (Lipinski definition) is 1. The SMILES string of the molecule is NCC1CCC(c2nc3ccc(F)cc3s2)CC1. The molecular weight excluding hydrogens is 247 g/mol. The van der Waals surface area contributed by atoms with Crippen LogP contribution in [-0.2, 0) is 0 Å². The van der Waals surface area contributed by atoms with E-state index < -0.39 is 0 Å². The monoisotopic (exact) mass is 264 g/mol. The molecule has 1 aliphatic rings. The molecule has 0 unspecified atom stereocenters. The standard InChI is InChI=1S/C14H17FN2S/c15-11-5-6-12-13(7-11)18-14(17-12)10-3-1-9(8-16)2-4-10/h5-7,9-10H,1-4,8,16H2. The third-order valence-corrected chi connectivity index (χ3v) is 5.08. The van der Waals surface area contributed by atoms with Crippen LogP contribution in [0.15, 0.2) is 18.2 Å². The van der Waals surface area contributed by atoms with Crippen LogP contribution in [0.1, 0.15) is 36.6 Å². The minimum Gasteiger partial charge on any atom is -0.330 e. The van der Waals surface area contributed by atoms with Gasteiger partial charge in [-0.15, -0.1) is 11.3 Å². The maximum absolute atomic E-state index is 13.2. The average Bonchev–Trinajstić information content (AvgIpc) is 2.81. The van der Waals surface area contributed by atoms with Crippen molar-refractivity contribution in [2.45, 2.75) is 31.6 Å². The number of nitrogens with two attached hydrogens (primary N) is 1. The first kappa shape index (κ1) is 12.1. The largest absolute Gasteiger partial charge is 0.330 e. The first-order chi connectivity index (χ1) is 8.76. The van der Waals surface area contributed by atoms with Gasteiger partial charge in [-0.2, -0.15) is 0 Å².